The van der Waals surface area contributed by atoms with Gasteiger partial charge in [-0.2, -0.15) is 0 Å². The number of imidazole rings is 1. The predicted octanol–water partition coefficient (Wildman–Crippen LogP) is 3.66. The molecule has 21 heavy (non-hydrogen) atoms. The molecule has 0 amide bonds. The molecule has 0 saturated heterocycles. The smallest absolute Gasteiger partial charge is 0.337 e. The van der Waals surface area contributed by atoms with E-state index in [4.69, 9.17) is 4.98 Å². The van der Waals surface area contributed by atoms with E-state index < -0.39 is 5.97 Å². The first-order valence-electron chi connectivity index (χ1n) is 7.87. The molecule has 1 heterocycles. The molecule has 0 radical (unpaired) electrons. The van der Waals surface area contributed by atoms with Crippen molar-refractivity contribution < 1.29 is 9.90 Å². The Morgan fingerprint density at radius 1 is 1.38 bits per heavy atom. The molecule has 2 aliphatic carbocycles. The summed E-state index contributed by atoms with van der Waals surface area (Å²) in [5, 5.41) is 9.49. The summed E-state index contributed by atoms with van der Waals surface area (Å²) >= 11 is 0. The maximum absolute atomic E-state index is 11.6. The molecule has 1 aromatic heterocycles. The number of benzene rings is 1. The van der Waals surface area contributed by atoms with Gasteiger partial charge in [0, 0.05) is 12.5 Å². The van der Waals surface area contributed by atoms with Gasteiger partial charge < -0.3 is 9.67 Å². The average molecular weight is 284 g/mol. The lowest BCUT2D eigenvalue weighted by Crippen LogP contribution is -2.13. The zero-order valence-corrected chi connectivity index (χ0v) is 12.2. The largest absolute Gasteiger partial charge is 0.478 e. The number of rotatable bonds is 5. The zero-order valence-electron chi connectivity index (χ0n) is 12.2. The van der Waals surface area contributed by atoms with Crippen molar-refractivity contribution in [1.29, 1.82) is 0 Å². The molecule has 4 nitrogen and oxygen atoms in total. The molecule has 2 aromatic rings. The van der Waals surface area contributed by atoms with Gasteiger partial charge in [0.05, 0.1) is 16.6 Å². The van der Waals surface area contributed by atoms with E-state index in [1.54, 1.807) is 12.1 Å². The van der Waals surface area contributed by atoms with Crippen LogP contribution in [0.1, 0.15) is 54.7 Å². The van der Waals surface area contributed by atoms with E-state index in [0.29, 0.717) is 17.4 Å². The van der Waals surface area contributed by atoms with Crippen LogP contribution in [-0.4, -0.2) is 20.6 Å². The molecule has 2 aliphatic rings. The van der Waals surface area contributed by atoms with Crippen LogP contribution in [0, 0.1) is 11.8 Å². The van der Waals surface area contributed by atoms with Crippen LogP contribution in [0.5, 0.6) is 0 Å². The summed E-state index contributed by atoms with van der Waals surface area (Å²) in [5.74, 6) is 2.19. The van der Waals surface area contributed by atoms with Crippen molar-refractivity contribution in [1.82, 2.24) is 9.55 Å². The van der Waals surface area contributed by atoms with E-state index in [0.717, 1.165) is 29.3 Å². The van der Waals surface area contributed by atoms with Crippen LogP contribution in [0.15, 0.2) is 18.2 Å². The van der Waals surface area contributed by atoms with E-state index in [1.165, 1.54) is 25.7 Å². The summed E-state index contributed by atoms with van der Waals surface area (Å²) in [6.07, 6.45) is 5.00. The average Bonchev–Trinajstić information content (AvgIpc) is 3.35. The number of carboxylic acid groups (broad SMARTS) is 1. The normalized spacial score (nSPS) is 19.9. The molecule has 0 spiro atoms. The number of carboxylic acids is 1. The Labute approximate surface area is 123 Å². The van der Waals surface area contributed by atoms with Crippen molar-refractivity contribution >= 4 is 17.0 Å². The number of fused-ring (bicyclic) bond motifs is 1. The van der Waals surface area contributed by atoms with E-state index in [2.05, 4.69) is 11.5 Å². The Balaban J connectivity index is 1.86. The van der Waals surface area contributed by atoms with Gasteiger partial charge in [0.2, 0.25) is 0 Å². The van der Waals surface area contributed by atoms with Crippen LogP contribution in [0.4, 0.5) is 0 Å². The number of carbonyl (C=O) groups is 1. The van der Waals surface area contributed by atoms with E-state index in [-0.39, 0.29) is 0 Å². The van der Waals surface area contributed by atoms with Crippen LogP contribution >= 0.6 is 0 Å². The number of nitrogens with zero attached hydrogens (tertiary/aromatic N) is 2. The fourth-order valence-corrected chi connectivity index (χ4v) is 3.32. The van der Waals surface area contributed by atoms with Crippen LogP contribution in [0.2, 0.25) is 0 Å². The minimum Gasteiger partial charge on any atom is -0.478 e. The number of para-hydroxylation sites is 1. The van der Waals surface area contributed by atoms with Gasteiger partial charge in [-0.25, -0.2) is 9.78 Å². The first-order chi connectivity index (χ1) is 10.1. The van der Waals surface area contributed by atoms with Gasteiger partial charge in [-0.1, -0.05) is 13.0 Å². The maximum atomic E-state index is 11.6. The summed E-state index contributed by atoms with van der Waals surface area (Å²) in [4.78, 5) is 16.3. The second-order valence-electron chi connectivity index (χ2n) is 6.65. The van der Waals surface area contributed by atoms with Crippen LogP contribution in [0.25, 0.3) is 11.0 Å². The van der Waals surface area contributed by atoms with Gasteiger partial charge in [0.25, 0.3) is 0 Å². The summed E-state index contributed by atoms with van der Waals surface area (Å²) in [5.41, 5.74) is 2.04. The molecule has 4 rings (SSSR count). The lowest BCUT2D eigenvalue weighted by atomic mass is 10.1. The second-order valence-corrected chi connectivity index (χ2v) is 6.65. The molecular weight excluding hydrogens is 264 g/mol. The summed E-state index contributed by atoms with van der Waals surface area (Å²) in [6, 6.07) is 5.43. The highest BCUT2D eigenvalue weighted by Crippen LogP contribution is 2.43. The van der Waals surface area contributed by atoms with E-state index >= 15 is 0 Å². The minimum absolute atomic E-state index is 0.384. The van der Waals surface area contributed by atoms with Gasteiger partial charge in [-0.15, -0.1) is 0 Å². The maximum Gasteiger partial charge on any atom is 0.337 e. The number of aromatic nitrogens is 2. The first kappa shape index (κ1) is 12.9. The molecule has 0 bridgehead atoms. The van der Waals surface area contributed by atoms with Crippen LogP contribution in [0.3, 0.4) is 0 Å². The van der Waals surface area contributed by atoms with Crippen molar-refractivity contribution in [2.75, 3.05) is 0 Å². The second kappa shape index (κ2) is 4.58. The standard InChI is InChI=1S/C17H20N2O2/c1-10(11-5-6-11)9-19-15-13(17(20)21)3-2-4-14(15)18-16(19)12-7-8-12/h2-4,10-12H,5-9H2,1H3,(H,20,21). The highest BCUT2D eigenvalue weighted by Gasteiger charge is 2.33. The molecule has 1 N–H and O–H groups in total. The van der Waals surface area contributed by atoms with Gasteiger partial charge in [0.15, 0.2) is 0 Å². The van der Waals surface area contributed by atoms with Crippen molar-refractivity contribution in [2.45, 2.75) is 45.1 Å². The third-order valence-corrected chi connectivity index (χ3v) is 4.87. The van der Waals surface area contributed by atoms with Crippen LogP contribution < -0.4 is 0 Å². The quantitative estimate of drug-likeness (QED) is 0.911. The van der Waals surface area contributed by atoms with Crippen molar-refractivity contribution in [3.05, 3.63) is 29.6 Å². The highest BCUT2D eigenvalue weighted by atomic mass is 16.4. The molecule has 0 aliphatic heterocycles. The Hall–Kier alpha value is -1.84. The van der Waals surface area contributed by atoms with E-state index in [1.807, 2.05) is 6.07 Å². The Morgan fingerprint density at radius 2 is 2.14 bits per heavy atom. The fourth-order valence-electron chi connectivity index (χ4n) is 3.32. The minimum atomic E-state index is -0.858. The van der Waals surface area contributed by atoms with Crippen LogP contribution in [-0.2, 0) is 6.54 Å². The molecule has 1 aromatic carbocycles. The molecule has 1 unspecified atom stereocenters. The number of hydrogen-bond acceptors (Lipinski definition) is 2. The van der Waals surface area contributed by atoms with Gasteiger partial charge in [0.1, 0.15) is 5.82 Å². The fraction of sp³-hybridized carbons (Fsp3) is 0.529. The monoisotopic (exact) mass is 284 g/mol. The van der Waals surface area contributed by atoms with Crippen molar-refractivity contribution in [3.8, 4) is 0 Å². The molecule has 1 atom stereocenters. The lowest BCUT2D eigenvalue weighted by Gasteiger charge is -2.15. The van der Waals surface area contributed by atoms with Gasteiger partial charge in [-0.05, 0) is 49.7 Å². The predicted molar refractivity (Wildman–Crippen MR) is 80.6 cm³/mol. The molecular formula is C17H20N2O2. The molecule has 2 saturated carbocycles. The van der Waals surface area contributed by atoms with E-state index in [9.17, 15) is 9.90 Å². The zero-order chi connectivity index (χ0) is 14.6. The van der Waals surface area contributed by atoms with Gasteiger partial charge >= 0.3 is 5.97 Å². The third kappa shape index (κ3) is 2.23. The SMILES string of the molecule is CC(Cn1c(C2CC2)nc2cccc(C(=O)O)c21)C1CC1. The third-order valence-electron chi connectivity index (χ3n) is 4.87. The van der Waals surface area contributed by atoms with Gasteiger partial charge in [-0.3, -0.25) is 0 Å². The molecule has 110 valence electrons. The molecule has 2 fully saturated rings. The summed E-state index contributed by atoms with van der Waals surface area (Å²) in [6.45, 7) is 3.18. The number of hydrogen-bond donors (Lipinski definition) is 1. The highest BCUT2D eigenvalue weighted by molar-refractivity contribution is 6.01. The first-order valence-corrected chi connectivity index (χ1v) is 7.87. The Morgan fingerprint density at radius 3 is 2.76 bits per heavy atom. The van der Waals surface area contributed by atoms with Crippen molar-refractivity contribution in [3.63, 3.8) is 0 Å². The molecule has 4 heteroatoms. The Kier molecular flexibility index (Phi) is 2.81. The topological polar surface area (TPSA) is 55.1 Å². The summed E-state index contributed by atoms with van der Waals surface area (Å²) in [7, 11) is 0. The summed E-state index contributed by atoms with van der Waals surface area (Å²) < 4.78 is 2.21. The Bertz CT molecular complexity index is 711. The lowest BCUT2D eigenvalue weighted by molar-refractivity contribution is 0.0698. The van der Waals surface area contributed by atoms with Crippen molar-refractivity contribution in [2.24, 2.45) is 11.8 Å². The number of aromatic carboxylic acids is 1.